The molecule has 6 atom stereocenters. The molecule has 0 spiro atoms. The normalized spacial score (nSPS) is 14.1. The van der Waals surface area contributed by atoms with Crippen LogP contribution in [0, 0.1) is 11.8 Å². The minimum atomic E-state index is -4.96. The second-order valence-electron chi connectivity index (χ2n) is 30.9. The second-order valence-corrected chi connectivity index (χ2v) is 33.8. The number of phosphoric ester groups is 2. The van der Waals surface area contributed by atoms with Crippen LogP contribution < -0.4 is 0 Å². The maximum atomic E-state index is 13.1. The van der Waals surface area contributed by atoms with Crippen molar-refractivity contribution in [3.63, 3.8) is 0 Å². The van der Waals surface area contributed by atoms with Crippen LogP contribution in [0.3, 0.4) is 0 Å². The van der Waals surface area contributed by atoms with Crippen LogP contribution in [0.4, 0.5) is 0 Å². The molecule has 0 aliphatic rings. The molecule has 19 heteroatoms. The third kappa shape index (κ3) is 76.6. The lowest BCUT2D eigenvalue weighted by Crippen LogP contribution is -2.30. The van der Waals surface area contributed by atoms with E-state index in [0.717, 1.165) is 102 Å². The van der Waals surface area contributed by atoms with E-state index in [1.54, 1.807) is 0 Å². The third-order valence-corrected chi connectivity index (χ3v) is 22.0. The van der Waals surface area contributed by atoms with Crippen molar-refractivity contribution < 1.29 is 80.2 Å². The summed E-state index contributed by atoms with van der Waals surface area (Å²) in [6.45, 7) is 9.66. The highest BCUT2D eigenvalue weighted by Crippen LogP contribution is 2.45. The van der Waals surface area contributed by atoms with Crippen molar-refractivity contribution in [3.05, 3.63) is 0 Å². The molecule has 3 N–H and O–H groups in total. The second kappa shape index (κ2) is 75.5. The zero-order valence-corrected chi connectivity index (χ0v) is 69.4. The van der Waals surface area contributed by atoms with E-state index in [4.69, 9.17) is 37.0 Å². The minimum Gasteiger partial charge on any atom is -0.462 e. The number of aliphatic hydroxyl groups excluding tert-OH is 1. The average molecular weight is 1510 g/mol. The first-order valence-corrected chi connectivity index (χ1v) is 46.5. The first kappa shape index (κ1) is 101. The summed E-state index contributed by atoms with van der Waals surface area (Å²) in [6.07, 6.45) is 66.6. The zero-order chi connectivity index (χ0) is 75.6. The third-order valence-electron chi connectivity index (χ3n) is 20.1. The lowest BCUT2D eigenvalue weighted by molar-refractivity contribution is -0.161. The molecule has 0 aliphatic carbocycles. The Morgan fingerprint density at radius 2 is 0.495 bits per heavy atom. The lowest BCUT2D eigenvalue weighted by atomic mass is 9.99. The fraction of sp³-hybridized carbons (Fsp3) is 0.952. The van der Waals surface area contributed by atoms with Gasteiger partial charge < -0.3 is 33.8 Å². The van der Waals surface area contributed by atoms with E-state index in [0.29, 0.717) is 25.7 Å². The summed E-state index contributed by atoms with van der Waals surface area (Å²) < 4.78 is 68.8. The molecule has 0 aliphatic heterocycles. The minimum absolute atomic E-state index is 0.106. The van der Waals surface area contributed by atoms with Gasteiger partial charge in [-0.25, -0.2) is 9.13 Å². The van der Waals surface area contributed by atoms with Gasteiger partial charge in [0, 0.05) is 25.7 Å². The molecule has 0 fully saturated rings. The fourth-order valence-electron chi connectivity index (χ4n) is 13.0. The van der Waals surface area contributed by atoms with Crippen LogP contribution in [0.2, 0.25) is 0 Å². The maximum Gasteiger partial charge on any atom is 0.472 e. The molecule has 0 aromatic heterocycles. The van der Waals surface area contributed by atoms with E-state index in [9.17, 15) is 43.2 Å². The Kier molecular flexibility index (Phi) is 74.1. The van der Waals surface area contributed by atoms with Crippen molar-refractivity contribution in [2.24, 2.45) is 11.8 Å². The van der Waals surface area contributed by atoms with Crippen LogP contribution in [0.1, 0.15) is 446 Å². The Bertz CT molecular complexity index is 1980. The number of esters is 4. The Morgan fingerprint density at radius 1 is 0.282 bits per heavy atom. The van der Waals surface area contributed by atoms with E-state index in [2.05, 4.69) is 41.5 Å². The first-order valence-electron chi connectivity index (χ1n) is 43.5. The number of rotatable bonds is 83. The predicted octanol–water partition coefficient (Wildman–Crippen LogP) is 25.5. The summed E-state index contributed by atoms with van der Waals surface area (Å²) in [5, 5.41) is 10.7. The van der Waals surface area contributed by atoms with E-state index < -0.39 is 97.5 Å². The van der Waals surface area contributed by atoms with Gasteiger partial charge in [0.15, 0.2) is 12.2 Å². The molecule has 17 nitrogen and oxygen atoms in total. The van der Waals surface area contributed by atoms with Gasteiger partial charge >= 0.3 is 39.5 Å². The van der Waals surface area contributed by atoms with Crippen LogP contribution >= 0.6 is 15.6 Å². The molecule has 0 saturated heterocycles. The molecule has 612 valence electrons. The van der Waals surface area contributed by atoms with Crippen molar-refractivity contribution >= 4 is 39.5 Å². The van der Waals surface area contributed by atoms with E-state index >= 15 is 0 Å². The highest BCUT2D eigenvalue weighted by Gasteiger charge is 2.30. The predicted molar refractivity (Wildman–Crippen MR) is 423 cm³/mol. The molecule has 103 heavy (non-hydrogen) atoms. The van der Waals surface area contributed by atoms with Gasteiger partial charge in [-0.05, 0) is 37.5 Å². The van der Waals surface area contributed by atoms with Crippen molar-refractivity contribution in [1.29, 1.82) is 0 Å². The number of carbonyl (C=O) groups excluding carboxylic acids is 4. The number of hydrogen-bond acceptors (Lipinski definition) is 15. The molecular weight excluding hydrogens is 1340 g/mol. The molecule has 0 rings (SSSR count). The molecule has 0 amide bonds. The Labute approximate surface area is 632 Å². The zero-order valence-electron chi connectivity index (χ0n) is 67.6. The number of unbranched alkanes of at least 4 members (excludes halogenated alkanes) is 52. The standard InChI is InChI=1S/C84H164O17P2/c1-7-10-12-14-16-18-20-22-24-26-27-28-29-30-32-34-38-42-50-56-62-68-83(88)100-79(72-94-81(86)66-60-54-48-41-37-33-31-25-23-21-19-17-15-13-11-8-2)74-98-102(90,91)96-70-78(85)71-97-103(92,93)99-75-80(73-95-82(87)67-61-55-49-45-44-47-53-59-65-77(6)9-3)101-84(89)69-63-57-51-43-39-35-36-40-46-52-58-64-76(4)5/h76-80,85H,7-75H2,1-6H3,(H,90,91)(H,92,93)/t77?,78-,79-,80-/m1/s1. The van der Waals surface area contributed by atoms with Gasteiger partial charge in [-0.2, -0.15) is 0 Å². The Hall–Kier alpha value is -1.94. The quantitative estimate of drug-likeness (QED) is 0.0222. The van der Waals surface area contributed by atoms with Crippen LogP contribution in [-0.4, -0.2) is 96.7 Å². The molecule has 0 bridgehead atoms. The van der Waals surface area contributed by atoms with E-state index in [1.807, 2.05) is 0 Å². The van der Waals surface area contributed by atoms with Crippen LogP contribution in [-0.2, 0) is 65.4 Å². The highest BCUT2D eigenvalue weighted by atomic mass is 31.2. The summed E-state index contributed by atoms with van der Waals surface area (Å²) in [4.78, 5) is 73.2. The molecule has 0 heterocycles. The van der Waals surface area contributed by atoms with Crippen LogP contribution in [0.15, 0.2) is 0 Å². The lowest BCUT2D eigenvalue weighted by Gasteiger charge is -2.21. The number of aliphatic hydroxyl groups is 1. The summed E-state index contributed by atoms with van der Waals surface area (Å²) >= 11 is 0. The van der Waals surface area contributed by atoms with E-state index in [1.165, 1.54) is 263 Å². The van der Waals surface area contributed by atoms with Gasteiger partial charge in [-0.15, -0.1) is 0 Å². The van der Waals surface area contributed by atoms with Crippen molar-refractivity contribution in [1.82, 2.24) is 0 Å². The van der Waals surface area contributed by atoms with Gasteiger partial charge in [0.25, 0.3) is 0 Å². The molecule has 0 saturated carbocycles. The first-order chi connectivity index (χ1) is 49.9. The fourth-order valence-corrected chi connectivity index (χ4v) is 14.6. The van der Waals surface area contributed by atoms with Gasteiger partial charge in [0.05, 0.1) is 26.4 Å². The number of phosphoric acid groups is 2. The molecule has 0 aromatic rings. The number of hydrogen-bond donors (Lipinski definition) is 3. The molecule has 0 radical (unpaired) electrons. The number of carbonyl (C=O) groups is 4. The maximum absolute atomic E-state index is 13.1. The highest BCUT2D eigenvalue weighted by molar-refractivity contribution is 7.47. The van der Waals surface area contributed by atoms with Crippen LogP contribution in [0.5, 0.6) is 0 Å². The molecule has 3 unspecified atom stereocenters. The van der Waals surface area contributed by atoms with Crippen molar-refractivity contribution in [2.45, 2.75) is 464 Å². The van der Waals surface area contributed by atoms with Gasteiger partial charge in [0.1, 0.15) is 19.3 Å². The number of ether oxygens (including phenoxy) is 4. The summed E-state index contributed by atoms with van der Waals surface area (Å²) in [5.74, 6) is -0.562. The van der Waals surface area contributed by atoms with Crippen LogP contribution in [0.25, 0.3) is 0 Å². The van der Waals surface area contributed by atoms with Gasteiger partial charge in [-0.3, -0.25) is 37.3 Å². The Morgan fingerprint density at radius 3 is 0.738 bits per heavy atom. The summed E-state index contributed by atoms with van der Waals surface area (Å²) in [7, 11) is -9.93. The molecule has 0 aromatic carbocycles. The largest absolute Gasteiger partial charge is 0.472 e. The monoisotopic (exact) mass is 1510 g/mol. The smallest absolute Gasteiger partial charge is 0.462 e. The summed E-state index contributed by atoms with van der Waals surface area (Å²) in [6, 6.07) is 0. The SMILES string of the molecule is CCCCCCCCCCCCCCCCCCCCCCCC(=O)O[C@H](COC(=O)CCCCCCCCCCCCCCCCCC)COP(=O)(O)OC[C@@H](O)COP(=O)(O)OC[C@@H](COC(=O)CCCCCCCCCCC(C)CC)OC(=O)CCCCCCCCCCCCCC(C)C. The summed E-state index contributed by atoms with van der Waals surface area (Å²) in [5.41, 5.74) is 0. The van der Waals surface area contributed by atoms with E-state index in [-0.39, 0.29) is 25.7 Å². The average Bonchev–Trinajstić information content (AvgIpc) is 0.912. The van der Waals surface area contributed by atoms with Crippen molar-refractivity contribution in [2.75, 3.05) is 39.6 Å². The van der Waals surface area contributed by atoms with Crippen molar-refractivity contribution in [3.8, 4) is 0 Å². The topological polar surface area (TPSA) is 237 Å². The molecular formula is C84H164O17P2. The van der Waals surface area contributed by atoms with Gasteiger partial charge in [0.2, 0.25) is 0 Å². The Balaban J connectivity index is 5.25. The van der Waals surface area contributed by atoms with Gasteiger partial charge in [-0.1, -0.05) is 395 Å².